The predicted molar refractivity (Wildman–Crippen MR) is 280 cm³/mol. The highest BCUT2D eigenvalue weighted by Crippen LogP contribution is 2.44. The molecule has 0 atom stereocenters. The van der Waals surface area contributed by atoms with E-state index >= 15 is 0 Å². The first-order valence-corrected chi connectivity index (χ1v) is 23.0. The third-order valence-corrected chi connectivity index (χ3v) is 14.2. The number of hydrogen-bond acceptors (Lipinski definition) is 2. The standard InChI is InChI=1S/C62H40N2S/c1-4-14-41(15-5-1)42-26-30-53-45(34-42)24-25-46-36-51(29-33-54(46)53)63(49-16-6-2-7-17-49)52-37-47(35-48(38-52)44-28-32-58-57-21-11-13-23-61(57)65-62(58)40-44)43-27-31-56-55-20-10-12-22-59(55)64(60(56)39-43)50-18-8-3-9-19-50/h1-40H. The second kappa shape index (κ2) is 15.2. The van der Waals surface area contributed by atoms with Crippen molar-refractivity contribution in [3.8, 4) is 39.1 Å². The lowest BCUT2D eigenvalue weighted by atomic mass is 9.95. The van der Waals surface area contributed by atoms with Gasteiger partial charge in [0.05, 0.1) is 11.0 Å². The molecule has 0 aliphatic rings. The van der Waals surface area contributed by atoms with Crippen LogP contribution in [0.5, 0.6) is 0 Å². The number of thiophene rings is 1. The van der Waals surface area contributed by atoms with Gasteiger partial charge in [0.25, 0.3) is 0 Å². The van der Waals surface area contributed by atoms with E-state index in [9.17, 15) is 0 Å². The van der Waals surface area contributed by atoms with Gasteiger partial charge in [0.15, 0.2) is 0 Å². The summed E-state index contributed by atoms with van der Waals surface area (Å²) in [6.45, 7) is 0. The fourth-order valence-corrected chi connectivity index (χ4v) is 11.2. The molecule has 13 rings (SSSR count). The maximum atomic E-state index is 2.42. The summed E-state index contributed by atoms with van der Waals surface area (Å²) >= 11 is 1.87. The third-order valence-electron chi connectivity index (χ3n) is 13.1. The maximum absolute atomic E-state index is 2.42. The Labute approximate surface area is 381 Å². The van der Waals surface area contributed by atoms with Crippen molar-refractivity contribution >= 4 is 91.9 Å². The number of aromatic nitrogens is 1. The van der Waals surface area contributed by atoms with Crippen molar-refractivity contribution in [1.82, 2.24) is 4.57 Å². The zero-order valence-corrected chi connectivity index (χ0v) is 36.2. The fourth-order valence-electron chi connectivity index (χ4n) is 10.0. The lowest BCUT2D eigenvalue weighted by Gasteiger charge is -2.27. The minimum absolute atomic E-state index is 1.09. The first-order valence-electron chi connectivity index (χ1n) is 22.2. The Morgan fingerprint density at radius 1 is 0.277 bits per heavy atom. The number of benzene rings is 11. The summed E-state index contributed by atoms with van der Waals surface area (Å²) in [4.78, 5) is 2.42. The number of para-hydroxylation sites is 3. The average Bonchev–Trinajstić information content (AvgIpc) is 3.92. The summed E-state index contributed by atoms with van der Waals surface area (Å²) in [6.07, 6.45) is 0. The van der Waals surface area contributed by atoms with Gasteiger partial charge in [0.1, 0.15) is 0 Å². The van der Waals surface area contributed by atoms with Crippen molar-refractivity contribution in [3.05, 3.63) is 243 Å². The van der Waals surface area contributed by atoms with E-state index < -0.39 is 0 Å². The van der Waals surface area contributed by atoms with Gasteiger partial charge in [-0.1, -0.05) is 158 Å². The van der Waals surface area contributed by atoms with E-state index in [1.54, 1.807) is 0 Å². The minimum atomic E-state index is 1.09. The van der Waals surface area contributed by atoms with Gasteiger partial charge >= 0.3 is 0 Å². The van der Waals surface area contributed by atoms with Crippen LogP contribution in [0.25, 0.3) is 103 Å². The van der Waals surface area contributed by atoms with Crippen LogP contribution in [-0.4, -0.2) is 4.57 Å². The molecule has 0 fully saturated rings. The number of rotatable bonds is 7. The van der Waals surface area contributed by atoms with Crippen LogP contribution in [0.2, 0.25) is 0 Å². The molecule has 0 N–H and O–H groups in total. The molecule has 0 aliphatic carbocycles. The topological polar surface area (TPSA) is 8.17 Å². The van der Waals surface area contributed by atoms with Crippen molar-refractivity contribution in [2.75, 3.05) is 4.90 Å². The van der Waals surface area contributed by atoms with E-state index in [1.807, 2.05) is 11.3 Å². The first-order chi connectivity index (χ1) is 32.2. The molecular formula is C62H40N2S. The highest BCUT2D eigenvalue weighted by Gasteiger charge is 2.19. The lowest BCUT2D eigenvalue weighted by Crippen LogP contribution is -2.10. The third kappa shape index (κ3) is 6.39. The van der Waals surface area contributed by atoms with Gasteiger partial charge < -0.3 is 9.47 Å². The van der Waals surface area contributed by atoms with Crippen LogP contribution in [0, 0.1) is 0 Å². The Bertz CT molecular complexity index is 3940. The van der Waals surface area contributed by atoms with Gasteiger partial charge in [0.2, 0.25) is 0 Å². The van der Waals surface area contributed by atoms with E-state index in [1.165, 1.54) is 85.8 Å². The maximum Gasteiger partial charge on any atom is 0.0547 e. The second-order valence-corrected chi connectivity index (χ2v) is 18.0. The molecule has 3 heteroatoms. The molecule has 0 saturated heterocycles. The second-order valence-electron chi connectivity index (χ2n) is 16.9. The molecular weight excluding hydrogens is 805 g/mol. The first kappa shape index (κ1) is 37.3. The Balaban J connectivity index is 1.02. The quantitative estimate of drug-likeness (QED) is 0.145. The van der Waals surface area contributed by atoms with Crippen LogP contribution >= 0.6 is 11.3 Å². The molecule has 0 aliphatic heterocycles. The van der Waals surface area contributed by atoms with Crippen LogP contribution in [0.15, 0.2) is 243 Å². The van der Waals surface area contributed by atoms with Crippen molar-refractivity contribution in [2.45, 2.75) is 0 Å². The number of hydrogen-bond donors (Lipinski definition) is 0. The molecule has 0 amide bonds. The molecule has 11 aromatic carbocycles. The summed E-state index contributed by atoms with van der Waals surface area (Å²) in [5.41, 5.74) is 14.0. The molecule has 0 saturated carbocycles. The van der Waals surface area contributed by atoms with Crippen LogP contribution in [0.3, 0.4) is 0 Å². The molecule has 2 nitrogen and oxygen atoms in total. The van der Waals surface area contributed by atoms with E-state index in [0.717, 1.165) is 33.9 Å². The lowest BCUT2D eigenvalue weighted by molar-refractivity contribution is 1.18. The van der Waals surface area contributed by atoms with Crippen molar-refractivity contribution < 1.29 is 0 Å². The fraction of sp³-hybridized carbons (Fsp3) is 0. The van der Waals surface area contributed by atoms with E-state index in [-0.39, 0.29) is 0 Å². The highest BCUT2D eigenvalue weighted by atomic mass is 32.1. The van der Waals surface area contributed by atoms with Crippen molar-refractivity contribution in [2.24, 2.45) is 0 Å². The van der Waals surface area contributed by atoms with Gasteiger partial charge in [0, 0.05) is 53.7 Å². The van der Waals surface area contributed by atoms with Crippen LogP contribution in [-0.2, 0) is 0 Å². The smallest absolute Gasteiger partial charge is 0.0547 e. The van der Waals surface area contributed by atoms with Gasteiger partial charge in [-0.3, -0.25) is 0 Å². The van der Waals surface area contributed by atoms with Crippen molar-refractivity contribution in [3.63, 3.8) is 0 Å². The Morgan fingerprint density at radius 2 is 0.831 bits per heavy atom. The molecule has 304 valence electrons. The summed E-state index contributed by atoms with van der Waals surface area (Å²) in [7, 11) is 0. The Morgan fingerprint density at radius 3 is 1.60 bits per heavy atom. The van der Waals surface area contributed by atoms with Gasteiger partial charge in [-0.25, -0.2) is 0 Å². The van der Waals surface area contributed by atoms with Gasteiger partial charge in [-0.2, -0.15) is 0 Å². The summed E-state index contributed by atoms with van der Waals surface area (Å²) in [5.74, 6) is 0. The number of nitrogens with zero attached hydrogens (tertiary/aromatic N) is 2. The van der Waals surface area contributed by atoms with Crippen LogP contribution < -0.4 is 4.90 Å². The molecule has 0 bridgehead atoms. The average molecular weight is 845 g/mol. The van der Waals surface area contributed by atoms with Crippen LogP contribution in [0.4, 0.5) is 17.1 Å². The van der Waals surface area contributed by atoms with Gasteiger partial charge in [-0.15, -0.1) is 11.3 Å². The molecule has 13 aromatic rings. The van der Waals surface area contributed by atoms with E-state index in [0.29, 0.717) is 0 Å². The predicted octanol–water partition coefficient (Wildman–Crippen LogP) is 17.9. The zero-order chi connectivity index (χ0) is 42.8. The number of fused-ring (bicyclic) bond motifs is 9. The molecule has 0 spiro atoms. The number of anilines is 3. The minimum Gasteiger partial charge on any atom is -0.310 e. The summed E-state index contributed by atoms with van der Waals surface area (Å²) in [5, 5.41) is 10.0. The Hall–Kier alpha value is -8.24. The largest absolute Gasteiger partial charge is 0.310 e. The molecule has 65 heavy (non-hydrogen) atoms. The molecule has 0 unspecified atom stereocenters. The molecule has 2 heterocycles. The molecule has 0 radical (unpaired) electrons. The normalized spacial score (nSPS) is 11.7. The SMILES string of the molecule is c1ccc(-c2ccc3c(ccc4cc(N(c5ccccc5)c5cc(-c6ccc7c(c6)sc6ccccc67)cc(-c6ccc7c8ccccc8n(-c8ccccc8)c7c6)c5)ccc43)c2)cc1. The van der Waals surface area contributed by atoms with E-state index in [4.69, 9.17) is 0 Å². The van der Waals surface area contributed by atoms with Crippen LogP contribution in [0.1, 0.15) is 0 Å². The zero-order valence-electron chi connectivity index (χ0n) is 35.4. The van der Waals surface area contributed by atoms with E-state index in [2.05, 4.69) is 252 Å². The summed E-state index contributed by atoms with van der Waals surface area (Å²) < 4.78 is 5.01. The van der Waals surface area contributed by atoms with Crippen molar-refractivity contribution in [1.29, 1.82) is 0 Å². The Kier molecular flexibility index (Phi) is 8.75. The highest BCUT2D eigenvalue weighted by molar-refractivity contribution is 7.25. The van der Waals surface area contributed by atoms with Gasteiger partial charge in [-0.05, 0) is 140 Å². The monoisotopic (exact) mass is 844 g/mol. The molecule has 2 aromatic heterocycles. The summed E-state index contributed by atoms with van der Waals surface area (Å²) in [6, 6.07) is 89.2.